The summed E-state index contributed by atoms with van der Waals surface area (Å²) in [5.74, 6) is 0.520. The largest absolute Gasteiger partial charge is 0.456 e. The molecule has 1 unspecified atom stereocenters. The molecule has 146 valence electrons. The smallest absolute Gasteiger partial charge is 0.176 e. The lowest BCUT2D eigenvalue weighted by Crippen LogP contribution is -1.98. The number of nitrogens with one attached hydrogen (secondary N) is 1. The molecule has 0 aliphatic carbocycles. The number of aromatic nitrogens is 1. The Hall–Kier alpha value is -2.12. The molecule has 0 spiro atoms. The van der Waals surface area contributed by atoms with Crippen LogP contribution in [0, 0.1) is 0 Å². The Morgan fingerprint density at radius 2 is 2.26 bits per heavy atom. The Morgan fingerprint density at radius 1 is 1.48 bits per heavy atom. The second-order valence-corrected chi connectivity index (χ2v) is 7.03. The Labute approximate surface area is 166 Å². The van der Waals surface area contributed by atoms with Crippen LogP contribution in [0.5, 0.6) is 0 Å². The molecule has 0 saturated heterocycles. The summed E-state index contributed by atoms with van der Waals surface area (Å²) in [5, 5.41) is 17.6. The second kappa shape index (κ2) is 10.3. The van der Waals surface area contributed by atoms with Crippen LogP contribution >= 0.6 is 22.9 Å². The highest BCUT2D eigenvalue weighted by molar-refractivity contribution is 7.09. The van der Waals surface area contributed by atoms with Crippen LogP contribution in [0.4, 0.5) is 10.1 Å². The van der Waals surface area contributed by atoms with Crippen LogP contribution in [0.3, 0.4) is 0 Å². The molecule has 3 rings (SSSR count). The highest BCUT2D eigenvalue weighted by Gasteiger charge is 2.19. The molecule has 3 aromatic heterocycles. The summed E-state index contributed by atoms with van der Waals surface area (Å²) in [7, 11) is 0. The first-order valence-corrected chi connectivity index (χ1v) is 10.0. The minimum Gasteiger partial charge on any atom is -0.456 e. The quantitative estimate of drug-likeness (QED) is 0.208. The van der Waals surface area contributed by atoms with E-state index in [4.69, 9.17) is 21.2 Å². The highest BCUT2D eigenvalue weighted by Crippen LogP contribution is 2.33. The van der Waals surface area contributed by atoms with Crippen molar-refractivity contribution in [1.29, 1.82) is 0 Å². The molecule has 0 aliphatic rings. The van der Waals surface area contributed by atoms with Gasteiger partial charge in [0.2, 0.25) is 0 Å². The first kappa shape index (κ1) is 21.2. The molecular formula is C19H23ClFN3O2S. The lowest BCUT2D eigenvalue weighted by atomic mass is 10.1. The fraction of sp³-hybridized carbons (Fsp3) is 0.368. The predicted octanol–water partition coefficient (Wildman–Crippen LogP) is 6.28. The molecule has 1 atom stereocenters. The average molecular weight is 412 g/mol. The van der Waals surface area contributed by atoms with Crippen LogP contribution in [0.2, 0.25) is 5.15 Å². The van der Waals surface area contributed by atoms with Crippen LogP contribution in [0.25, 0.3) is 11.1 Å². The number of nitrogens with zero attached hydrogens (tertiary/aromatic N) is 2. The molecule has 0 radical (unpaired) electrons. The molecule has 0 fully saturated rings. The maximum absolute atomic E-state index is 13.2. The van der Waals surface area contributed by atoms with Gasteiger partial charge in [0.15, 0.2) is 5.58 Å². The van der Waals surface area contributed by atoms with Crippen LogP contribution < -0.4 is 5.32 Å². The Morgan fingerprint density at radius 3 is 2.89 bits per heavy atom. The number of alkyl halides is 1. The topological polar surface area (TPSA) is 70.7 Å². The third-order valence-electron chi connectivity index (χ3n) is 3.71. The van der Waals surface area contributed by atoms with Gasteiger partial charge in [-0.3, -0.25) is 0 Å². The Kier molecular flexibility index (Phi) is 8.06. The van der Waals surface area contributed by atoms with Gasteiger partial charge in [-0.1, -0.05) is 36.7 Å². The fourth-order valence-electron chi connectivity index (χ4n) is 2.53. The van der Waals surface area contributed by atoms with Crippen molar-refractivity contribution in [2.45, 2.75) is 46.3 Å². The second-order valence-electron chi connectivity index (χ2n) is 5.61. The zero-order valence-electron chi connectivity index (χ0n) is 15.5. The van der Waals surface area contributed by atoms with Crippen LogP contribution in [-0.2, 0) is 13.0 Å². The number of oxime groups is 1. The van der Waals surface area contributed by atoms with E-state index >= 15 is 0 Å². The maximum Gasteiger partial charge on any atom is 0.176 e. The first-order chi connectivity index (χ1) is 13.1. The van der Waals surface area contributed by atoms with Gasteiger partial charge in [0.05, 0.1) is 23.6 Å². The summed E-state index contributed by atoms with van der Waals surface area (Å²) in [6.07, 6.45) is 0.964. The monoisotopic (exact) mass is 411 g/mol. The predicted molar refractivity (Wildman–Crippen MR) is 110 cm³/mol. The van der Waals surface area contributed by atoms with Gasteiger partial charge in [-0.15, -0.1) is 11.3 Å². The van der Waals surface area contributed by atoms with E-state index in [1.54, 1.807) is 17.4 Å². The molecular weight excluding hydrogens is 389 g/mol. The molecule has 0 amide bonds. The molecule has 0 aliphatic heterocycles. The number of rotatable bonds is 7. The van der Waals surface area contributed by atoms with Gasteiger partial charge in [0.25, 0.3) is 0 Å². The third kappa shape index (κ3) is 5.43. The summed E-state index contributed by atoms with van der Waals surface area (Å²) < 4.78 is 19.1. The van der Waals surface area contributed by atoms with Crippen molar-refractivity contribution in [1.82, 2.24) is 4.98 Å². The van der Waals surface area contributed by atoms with Crippen molar-refractivity contribution < 1.29 is 14.0 Å². The van der Waals surface area contributed by atoms with E-state index in [9.17, 15) is 4.39 Å². The summed E-state index contributed by atoms with van der Waals surface area (Å²) in [6, 6.07) is 5.69. The van der Waals surface area contributed by atoms with Gasteiger partial charge >= 0.3 is 0 Å². The lowest BCUT2D eigenvalue weighted by molar-refractivity contribution is 0.321. The van der Waals surface area contributed by atoms with E-state index in [0.29, 0.717) is 52.7 Å². The average Bonchev–Trinajstić information content (AvgIpc) is 3.29. The molecule has 5 nitrogen and oxygen atoms in total. The Balaban J connectivity index is 0.00000126. The number of halogens is 2. The molecule has 3 heterocycles. The van der Waals surface area contributed by atoms with E-state index in [1.165, 1.54) is 13.1 Å². The highest BCUT2D eigenvalue weighted by atomic mass is 35.5. The Bertz CT molecular complexity index is 879. The van der Waals surface area contributed by atoms with E-state index in [0.717, 1.165) is 4.88 Å². The summed E-state index contributed by atoms with van der Waals surface area (Å²) in [4.78, 5) is 5.45. The van der Waals surface area contributed by atoms with Gasteiger partial charge in [-0.25, -0.2) is 9.37 Å². The lowest BCUT2D eigenvalue weighted by Gasteiger charge is -2.06. The van der Waals surface area contributed by atoms with E-state index in [2.05, 4.69) is 15.5 Å². The number of furan rings is 1. The van der Waals surface area contributed by atoms with Gasteiger partial charge in [-0.2, -0.15) is 0 Å². The number of hydrogen-bond acceptors (Lipinski definition) is 6. The summed E-state index contributed by atoms with van der Waals surface area (Å²) in [5.41, 5.74) is 2.20. The molecule has 8 heteroatoms. The summed E-state index contributed by atoms with van der Waals surface area (Å²) >= 11 is 7.78. The van der Waals surface area contributed by atoms with Crippen molar-refractivity contribution in [3.05, 3.63) is 44.9 Å². The molecule has 3 aromatic rings. The van der Waals surface area contributed by atoms with Gasteiger partial charge in [-0.05, 0) is 24.8 Å². The molecule has 0 bridgehead atoms. The molecule has 0 aromatic carbocycles. The normalized spacial score (nSPS) is 12.2. The van der Waals surface area contributed by atoms with Crippen LogP contribution in [0.15, 0.2) is 33.2 Å². The minimum atomic E-state index is -0.958. The van der Waals surface area contributed by atoms with E-state index in [-0.39, 0.29) is 0 Å². The van der Waals surface area contributed by atoms with Crippen molar-refractivity contribution in [2.75, 3.05) is 5.32 Å². The molecule has 0 saturated carbocycles. The number of hydrogen-bond donors (Lipinski definition) is 2. The number of aryl methyl sites for hydroxylation is 1. The van der Waals surface area contributed by atoms with Crippen molar-refractivity contribution in [3.63, 3.8) is 0 Å². The number of fused-ring (bicyclic) bond motifs is 1. The number of anilines is 1. The zero-order valence-corrected chi connectivity index (χ0v) is 17.1. The third-order valence-corrected chi connectivity index (χ3v) is 4.78. The van der Waals surface area contributed by atoms with Gasteiger partial charge in [0.1, 0.15) is 16.4 Å². The van der Waals surface area contributed by atoms with E-state index < -0.39 is 6.17 Å². The van der Waals surface area contributed by atoms with Crippen molar-refractivity contribution in [2.24, 2.45) is 5.16 Å². The van der Waals surface area contributed by atoms with Crippen LogP contribution in [-0.4, -0.2) is 22.6 Å². The zero-order chi connectivity index (χ0) is 19.8. The van der Waals surface area contributed by atoms with Crippen LogP contribution in [0.1, 0.15) is 43.4 Å². The standard InChI is InChI=1S/C17H17ClFN3O2S.C2H6/c1-10(19)4-5-14-12(9-21-23)16-17(24-14)13(7-15(18)22-16)20-8-11-3-2-6-25-11;1-2/h2-3,6-7,9-10,23H,4-5,8H2,1H3,(H,20,22);1-2H3/b21-9-;. The maximum atomic E-state index is 13.2. The van der Waals surface area contributed by atoms with E-state index in [1.807, 2.05) is 31.4 Å². The van der Waals surface area contributed by atoms with Crippen molar-refractivity contribution >= 4 is 45.9 Å². The van der Waals surface area contributed by atoms with Gasteiger partial charge < -0.3 is 14.9 Å². The van der Waals surface area contributed by atoms with Gasteiger partial charge in [0, 0.05) is 23.9 Å². The van der Waals surface area contributed by atoms with Crippen molar-refractivity contribution in [3.8, 4) is 0 Å². The number of thiophene rings is 1. The number of pyridine rings is 1. The SMILES string of the molecule is CC.CC(F)CCc1oc2c(NCc3cccs3)cc(Cl)nc2c1/C=N\O. The first-order valence-electron chi connectivity index (χ1n) is 8.78. The molecule has 2 N–H and O–H groups in total. The fourth-order valence-corrected chi connectivity index (χ4v) is 3.37. The minimum absolute atomic E-state index is 0.292. The summed E-state index contributed by atoms with van der Waals surface area (Å²) in [6.45, 7) is 6.11. The molecule has 27 heavy (non-hydrogen) atoms.